The Kier molecular flexibility index (Phi) is 4.33. The molecule has 0 atom stereocenters. The van der Waals surface area contributed by atoms with Gasteiger partial charge >= 0.3 is 0 Å². The third kappa shape index (κ3) is 2.96. The molecular formula is C12H11BrF2N4O. The van der Waals surface area contributed by atoms with E-state index in [2.05, 4.69) is 31.2 Å². The summed E-state index contributed by atoms with van der Waals surface area (Å²) in [7, 11) is 0. The summed E-state index contributed by atoms with van der Waals surface area (Å²) < 4.78 is 32.9. The van der Waals surface area contributed by atoms with Crippen LogP contribution in [0.25, 0.3) is 0 Å². The Hall–Kier alpha value is -1.96. The summed E-state index contributed by atoms with van der Waals surface area (Å²) in [4.78, 5) is 7.68. The fraction of sp³-hybridized carbons (Fsp3) is 0.167. The first kappa shape index (κ1) is 14.4. The van der Waals surface area contributed by atoms with Gasteiger partial charge in [-0.15, -0.1) is 0 Å². The molecule has 0 fully saturated rings. The average Bonchev–Trinajstić information content (AvgIpc) is 2.38. The largest absolute Gasteiger partial charge is 0.476 e. The molecule has 2 aromatic rings. The van der Waals surface area contributed by atoms with Crippen molar-refractivity contribution in [2.75, 3.05) is 17.7 Å². The monoisotopic (exact) mass is 344 g/mol. The van der Waals surface area contributed by atoms with Crippen molar-refractivity contribution in [3.05, 3.63) is 34.6 Å². The highest BCUT2D eigenvalue weighted by Gasteiger charge is 2.15. The predicted molar refractivity (Wildman–Crippen MR) is 75.0 cm³/mol. The third-order valence-electron chi connectivity index (χ3n) is 2.38. The fourth-order valence-electron chi connectivity index (χ4n) is 1.51. The summed E-state index contributed by atoms with van der Waals surface area (Å²) in [6.07, 6.45) is 1.19. The summed E-state index contributed by atoms with van der Waals surface area (Å²) >= 11 is 3.00. The first-order valence-electron chi connectivity index (χ1n) is 5.67. The Morgan fingerprint density at radius 1 is 1.30 bits per heavy atom. The smallest absolute Gasteiger partial charge is 0.242 e. The minimum atomic E-state index is -0.771. The lowest BCUT2D eigenvalue weighted by Gasteiger charge is -2.12. The molecule has 2 rings (SSSR count). The summed E-state index contributed by atoms with van der Waals surface area (Å²) in [6.45, 7) is 2.13. The number of nitrogens with zero attached hydrogens (tertiary/aromatic N) is 2. The molecule has 3 N–H and O–H groups in total. The third-order valence-corrected chi connectivity index (χ3v) is 2.84. The molecule has 0 radical (unpaired) electrons. The van der Waals surface area contributed by atoms with Crippen LogP contribution in [-0.2, 0) is 0 Å². The molecule has 0 aliphatic rings. The Labute approximate surface area is 122 Å². The standard InChI is InChI=1S/C12H11BrF2N4O/c1-2-20-12-9(16)11(17-5-18-12)19-10-7(14)3-6(13)4-8(10)15/h3-5H,2,16H2,1H3,(H,17,18,19). The second kappa shape index (κ2) is 6.00. The van der Waals surface area contributed by atoms with E-state index in [0.717, 1.165) is 12.1 Å². The van der Waals surface area contributed by atoms with Crippen molar-refractivity contribution < 1.29 is 13.5 Å². The molecule has 0 spiro atoms. The number of aromatic nitrogens is 2. The lowest BCUT2D eigenvalue weighted by molar-refractivity contribution is 0.328. The Balaban J connectivity index is 2.38. The van der Waals surface area contributed by atoms with E-state index in [-0.39, 0.29) is 23.1 Å². The van der Waals surface area contributed by atoms with Crippen molar-refractivity contribution >= 4 is 33.1 Å². The van der Waals surface area contributed by atoms with E-state index >= 15 is 0 Å². The van der Waals surface area contributed by atoms with Gasteiger partial charge in [-0.3, -0.25) is 0 Å². The summed E-state index contributed by atoms with van der Waals surface area (Å²) in [5, 5.41) is 2.51. The molecule has 5 nitrogen and oxygen atoms in total. The number of benzene rings is 1. The molecule has 0 amide bonds. The number of halogens is 3. The van der Waals surface area contributed by atoms with E-state index in [1.165, 1.54) is 6.33 Å². The SMILES string of the molecule is CCOc1ncnc(Nc2c(F)cc(Br)cc2F)c1N. The second-order valence-electron chi connectivity index (χ2n) is 3.74. The Morgan fingerprint density at radius 2 is 1.95 bits per heavy atom. The number of anilines is 3. The number of nitrogen functional groups attached to an aromatic ring is 1. The number of nitrogens with two attached hydrogens (primary N) is 1. The van der Waals surface area contributed by atoms with Crippen LogP contribution in [0, 0.1) is 11.6 Å². The zero-order valence-corrected chi connectivity index (χ0v) is 12.0. The molecule has 0 unspecified atom stereocenters. The van der Waals surface area contributed by atoms with Crippen molar-refractivity contribution in [2.45, 2.75) is 6.92 Å². The number of rotatable bonds is 4. The zero-order valence-electron chi connectivity index (χ0n) is 10.5. The molecule has 0 aliphatic heterocycles. The zero-order chi connectivity index (χ0) is 14.7. The van der Waals surface area contributed by atoms with Crippen LogP contribution >= 0.6 is 15.9 Å². The highest BCUT2D eigenvalue weighted by Crippen LogP contribution is 2.31. The maximum atomic E-state index is 13.7. The maximum absolute atomic E-state index is 13.7. The van der Waals surface area contributed by atoms with Crippen LogP contribution in [-0.4, -0.2) is 16.6 Å². The minimum Gasteiger partial charge on any atom is -0.476 e. The number of nitrogens with one attached hydrogen (secondary N) is 1. The van der Waals surface area contributed by atoms with Gasteiger partial charge in [0.05, 0.1) is 6.61 Å². The minimum absolute atomic E-state index is 0.0728. The van der Waals surface area contributed by atoms with E-state index < -0.39 is 11.6 Å². The van der Waals surface area contributed by atoms with E-state index in [4.69, 9.17) is 10.5 Å². The van der Waals surface area contributed by atoms with Crippen molar-refractivity contribution in [2.24, 2.45) is 0 Å². The lowest BCUT2D eigenvalue weighted by Crippen LogP contribution is -2.06. The van der Waals surface area contributed by atoms with Crippen molar-refractivity contribution in [1.29, 1.82) is 0 Å². The summed E-state index contributed by atoms with van der Waals surface area (Å²) in [5.74, 6) is -1.31. The van der Waals surface area contributed by atoms with Crippen molar-refractivity contribution in [3.8, 4) is 5.88 Å². The van der Waals surface area contributed by atoms with Gasteiger partial charge in [0.15, 0.2) is 17.5 Å². The molecule has 106 valence electrons. The van der Waals surface area contributed by atoms with Crippen LogP contribution < -0.4 is 15.8 Å². The molecule has 0 saturated carbocycles. The van der Waals surface area contributed by atoms with Gasteiger partial charge in [0.1, 0.15) is 17.7 Å². The van der Waals surface area contributed by atoms with Gasteiger partial charge < -0.3 is 15.8 Å². The highest BCUT2D eigenvalue weighted by molar-refractivity contribution is 9.10. The van der Waals surface area contributed by atoms with Crippen LogP contribution in [0.3, 0.4) is 0 Å². The Morgan fingerprint density at radius 3 is 2.55 bits per heavy atom. The Bertz CT molecular complexity index is 616. The fourth-order valence-corrected chi connectivity index (χ4v) is 1.91. The molecular weight excluding hydrogens is 334 g/mol. The first-order chi connectivity index (χ1) is 9.52. The van der Waals surface area contributed by atoms with Gasteiger partial charge in [-0.1, -0.05) is 15.9 Å². The lowest BCUT2D eigenvalue weighted by atomic mass is 10.3. The predicted octanol–water partition coefficient (Wildman–Crippen LogP) is 3.24. The quantitative estimate of drug-likeness (QED) is 0.890. The molecule has 1 aromatic heterocycles. The van der Waals surface area contributed by atoms with Gasteiger partial charge in [-0.05, 0) is 19.1 Å². The van der Waals surface area contributed by atoms with Gasteiger partial charge in [0.2, 0.25) is 5.88 Å². The number of hydrogen-bond donors (Lipinski definition) is 2. The first-order valence-corrected chi connectivity index (χ1v) is 6.47. The van der Waals surface area contributed by atoms with E-state index in [0.29, 0.717) is 11.1 Å². The van der Waals surface area contributed by atoms with E-state index in [9.17, 15) is 8.78 Å². The summed E-state index contributed by atoms with van der Waals surface area (Å²) in [6, 6.07) is 2.26. The van der Waals surface area contributed by atoms with Crippen LogP contribution in [0.4, 0.5) is 26.0 Å². The van der Waals surface area contributed by atoms with Gasteiger partial charge in [0, 0.05) is 4.47 Å². The van der Waals surface area contributed by atoms with Gasteiger partial charge in [-0.2, -0.15) is 4.98 Å². The maximum Gasteiger partial charge on any atom is 0.242 e. The molecule has 1 heterocycles. The van der Waals surface area contributed by atoms with Gasteiger partial charge in [0.25, 0.3) is 0 Å². The second-order valence-corrected chi connectivity index (χ2v) is 4.66. The molecule has 8 heteroatoms. The van der Waals surface area contributed by atoms with Crippen LogP contribution in [0.15, 0.2) is 22.9 Å². The molecule has 0 bridgehead atoms. The molecule has 20 heavy (non-hydrogen) atoms. The van der Waals surface area contributed by atoms with Crippen LogP contribution in [0.5, 0.6) is 5.88 Å². The van der Waals surface area contributed by atoms with E-state index in [1.54, 1.807) is 6.92 Å². The number of hydrogen-bond acceptors (Lipinski definition) is 5. The average molecular weight is 345 g/mol. The van der Waals surface area contributed by atoms with Crippen LogP contribution in [0.2, 0.25) is 0 Å². The highest BCUT2D eigenvalue weighted by atomic mass is 79.9. The van der Waals surface area contributed by atoms with Crippen LogP contribution in [0.1, 0.15) is 6.92 Å². The molecule has 0 aliphatic carbocycles. The van der Waals surface area contributed by atoms with E-state index in [1.807, 2.05) is 0 Å². The molecule has 1 aromatic carbocycles. The molecule has 0 saturated heterocycles. The van der Waals surface area contributed by atoms with Gasteiger partial charge in [-0.25, -0.2) is 13.8 Å². The normalized spacial score (nSPS) is 10.4. The topological polar surface area (TPSA) is 73.1 Å². The summed E-state index contributed by atoms with van der Waals surface area (Å²) in [5.41, 5.74) is 5.51. The number of ether oxygens (including phenoxy) is 1. The van der Waals surface area contributed by atoms with Crippen molar-refractivity contribution in [3.63, 3.8) is 0 Å². The van der Waals surface area contributed by atoms with Crippen molar-refractivity contribution in [1.82, 2.24) is 9.97 Å².